The number of thioether (sulfide) groups is 1. The number of hydrogen-bond acceptors (Lipinski definition) is 3. The van der Waals surface area contributed by atoms with Crippen LogP contribution >= 0.6 is 11.8 Å². The molecule has 3 atom stereocenters. The molecule has 2 bridgehead atoms. The highest BCUT2D eigenvalue weighted by Gasteiger charge is 2.46. The first kappa shape index (κ1) is 15.2. The van der Waals surface area contributed by atoms with Crippen molar-refractivity contribution in [3.8, 4) is 0 Å². The van der Waals surface area contributed by atoms with E-state index in [9.17, 15) is 14.7 Å². The molecule has 3 unspecified atom stereocenters. The van der Waals surface area contributed by atoms with Gasteiger partial charge in [0.25, 0.3) is 0 Å². The quantitative estimate of drug-likeness (QED) is 0.819. The van der Waals surface area contributed by atoms with E-state index in [1.165, 1.54) is 12.8 Å². The van der Waals surface area contributed by atoms with E-state index in [1.807, 2.05) is 11.8 Å². The van der Waals surface area contributed by atoms with E-state index in [4.69, 9.17) is 0 Å². The minimum Gasteiger partial charge on any atom is -0.481 e. The van der Waals surface area contributed by atoms with Crippen molar-refractivity contribution in [2.45, 2.75) is 62.4 Å². The van der Waals surface area contributed by atoms with E-state index in [0.717, 1.165) is 32.1 Å². The second kappa shape index (κ2) is 5.82. The third kappa shape index (κ3) is 3.08. The van der Waals surface area contributed by atoms with Gasteiger partial charge in [0, 0.05) is 22.5 Å². The molecule has 3 fully saturated rings. The second-order valence-electron chi connectivity index (χ2n) is 7.27. The summed E-state index contributed by atoms with van der Waals surface area (Å²) >= 11 is 2.04. The number of carboxylic acids is 1. The minimum absolute atomic E-state index is 0.0743. The lowest BCUT2D eigenvalue weighted by Crippen LogP contribution is -2.47. The van der Waals surface area contributed by atoms with Crippen LogP contribution in [0, 0.1) is 17.3 Å². The van der Waals surface area contributed by atoms with Crippen LogP contribution in [0.3, 0.4) is 0 Å². The number of carbonyl (C=O) groups is 2. The van der Waals surface area contributed by atoms with Crippen molar-refractivity contribution in [3.05, 3.63) is 0 Å². The zero-order valence-electron chi connectivity index (χ0n) is 12.6. The van der Waals surface area contributed by atoms with E-state index in [2.05, 4.69) is 12.2 Å². The predicted molar refractivity (Wildman–Crippen MR) is 83.2 cm³/mol. The van der Waals surface area contributed by atoms with Gasteiger partial charge in [-0.2, -0.15) is 11.8 Å². The molecule has 3 aliphatic rings. The molecule has 3 rings (SSSR count). The molecule has 0 aromatic rings. The highest BCUT2D eigenvalue weighted by atomic mass is 32.2. The fourth-order valence-electron chi connectivity index (χ4n) is 4.07. The van der Waals surface area contributed by atoms with Crippen LogP contribution in [0.25, 0.3) is 0 Å². The highest BCUT2D eigenvalue weighted by Crippen LogP contribution is 2.51. The van der Waals surface area contributed by atoms with E-state index in [0.29, 0.717) is 17.0 Å². The Kier molecular flexibility index (Phi) is 4.21. The summed E-state index contributed by atoms with van der Waals surface area (Å²) < 4.78 is 0. The molecule has 4 nitrogen and oxygen atoms in total. The Hall–Kier alpha value is -0.710. The molecular weight excluding hydrogens is 286 g/mol. The number of nitrogens with one attached hydrogen (secondary N) is 1. The summed E-state index contributed by atoms with van der Waals surface area (Å²) in [6.07, 6.45) is 7.47. The van der Waals surface area contributed by atoms with E-state index in [-0.39, 0.29) is 17.2 Å². The van der Waals surface area contributed by atoms with Crippen LogP contribution in [0.2, 0.25) is 0 Å². The topological polar surface area (TPSA) is 66.4 Å². The van der Waals surface area contributed by atoms with Crippen LogP contribution in [0.1, 0.15) is 51.9 Å². The van der Waals surface area contributed by atoms with E-state index >= 15 is 0 Å². The maximum atomic E-state index is 12.6. The first-order valence-electron chi connectivity index (χ1n) is 8.14. The highest BCUT2D eigenvalue weighted by molar-refractivity contribution is 8.00. The molecule has 2 aliphatic heterocycles. The zero-order valence-corrected chi connectivity index (χ0v) is 13.5. The molecule has 2 heterocycles. The average Bonchev–Trinajstić information content (AvgIpc) is 2.71. The molecule has 1 saturated carbocycles. The van der Waals surface area contributed by atoms with Gasteiger partial charge < -0.3 is 10.4 Å². The predicted octanol–water partition coefficient (Wildman–Crippen LogP) is 2.67. The fraction of sp³-hybridized carbons (Fsp3) is 0.875. The molecule has 2 N–H and O–H groups in total. The Labute approximate surface area is 130 Å². The average molecular weight is 311 g/mol. The maximum absolute atomic E-state index is 12.6. The van der Waals surface area contributed by atoms with Gasteiger partial charge in [0.05, 0.1) is 5.92 Å². The number of amides is 1. The van der Waals surface area contributed by atoms with Crippen LogP contribution in [0.4, 0.5) is 0 Å². The summed E-state index contributed by atoms with van der Waals surface area (Å²) in [6.45, 7) is 2.36. The Morgan fingerprint density at radius 1 is 1.24 bits per heavy atom. The lowest BCUT2D eigenvalue weighted by atomic mass is 9.75. The number of carbonyl (C=O) groups excluding carboxylic acids is 1. The number of carboxylic acid groups (broad SMARTS) is 1. The molecule has 118 valence electrons. The summed E-state index contributed by atoms with van der Waals surface area (Å²) in [4.78, 5) is 23.9. The number of fused-ring (bicyclic) bond motifs is 2. The molecule has 5 heteroatoms. The number of hydrogen-bond donors (Lipinski definition) is 2. The summed E-state index contributed by atoms with van der Waals surface area (Å²) in [5.41, 5.74) is -0.292. The third-order valence-electron chi connectivity index (χ3n) is 5.62. The summed E-state index contributed by atoms with van der Waals surface area (Å²) in [5.74, 6) is -0.829. The molecule has 0 aromatic heterocycles. The SMILES string of the molecule is CC1(C(=O)NCC(C(=O)O)C2CCC2)CC2CCC(C1)S2. The number of rotatable bonds is 5. The molecule has 0 aromatic carbocycles. The molecule has 0 spiro atoms. The van der Waals surface area contributed by atoms with Crippen molar-refractivity contribution in [3.63, 3.8) is 0 Å². The molecule has 1 amide bonds. The van der Waals surface area contributed by atoms with Gasteiger partial charge in [-0.25, -0.2) is 0 Å². The van der Waals surface area contributed by atoms with Crippen LogP contribution in [-0.2, 0) is 9.59 Å². The molecule has 1 aliphatic carbocycles. The van der Waals surface area contributed by atoms with Gasteiger partial charge in [-0.3, -0.25) is 9.59 Å². The normalized spacial score (nSPS) is 36.8. The van der Waals surface area contributed by atoms with Crippen molar-refractivity contribution >= 4 is 23.6 Å². The van der Waals surface area contributed by atoms with E-state index < -0.39 is 11.9 Å². The van der Waals surface area contributed by atoms with Gasteiger partial charge in [-0.15, -0.1) is 0 Å². The summed E-state index contributed by atoms with van der Waals surface area (Å²) in [5, 5.41) is 13.6. The first-order valence-corrected chi connectivity index (χ1v) is 9.09. The van der Waals surface area contributed by atoms with Crippen molar-refractivity contribution < 1.29 is 14.7 Å². The summed E-state index contributed by atoms with van der Waals surface area (Å²) in [7, 11) is 0. The lowest BCUT2D eigenvalue weighted by Gasteiger charge is -2.37. The van der Waals surface area contributed by atoms with Crippen molar-refractivity contribution in [1.82, 2.24) is 5.32 Å². The summed E-state index contributed by atoms with van der Waals surface area (Å²) in [6, 6.07) is 0. The smallest absolute Gasteiger partial charge is 0.308 e. The molecular formula is C16H25NO3S. The Morgan fingerprint density at radius 3 is 2.33 bits per heavy atom. The Bertz CT molecular complexity index is 423. The zero-order chi connectivity index (χ0) is 15.0. The van der Waals surface area contributed by atoms with Crippen molar-refractivity contribution in [2.24, 2.45) is 17.3 Å². The van der Waals surface area contributed by atoms with Crippen molar-refractivity contribution in [1.29, 1.82) is 0 Å². The van der Waals surface area contributed by atoms with Crippen LogP contribution in [0.5, 0.6) is 0 Å². The maximum Gasteiger partial charge on any atom is 0.308 e. The van der Waals surface area contributed by atoms with E-state index in [1.54, 1.807) is 0 Å². The Morgan fingerprint density at radius 2 is 1.86 bits per heavy atom. The monoisotopic (exact) mass is 311 g/mol. The molecule has 2 saturated heterocycles. The van der Waals surface area contributed by atoms with Gasteiger partial charge in [0.1, 0.15) is 0 Å². The van der Waals surface area contributed by atoms with Gasteiger partial charge in [-0.05, 0) is 44.4 Å². The van der Waals surface area contributed by atoms with Gasteiger partial charge in [0.15, 0.2) is 0 Å². The molecule has 21 heavy (non-hydrogen) atoms. The standard InChI is InChI=1S/C16H25NO3S/c1-16(7-11-5-6-12(8-16)21-11)15(20)17-9-13(14(18)19)10-3-2-4-10/h10-13H,2-9H2,1H3,(H,17,20)(H,18,19). The number of aliphatic carboxylic acids is 1. The minimum atomic E-state index is -0.760. The van der Waals surface area contributed by atoms with Gasteiger partial charge in [-0.1, -0.05) is 13.3 Å². The lowest BCUT2D eigenvalue weighted by molar-refractivity contribution is -0.145. The Balaban J connectivity index is 1.56. The first-order chi connectivity index (χ1) is 9.98. The van der Waals surface area contributed by atoms with Crippen LogP contribution in [-0.4, -0.2) is 34.0 Å². The van der Waals surface area contributed by atoms with Gasteiger partial charge in [0.2, 0.25) is 5.91 Å². The fourth-order valence-corrected chi connectivity index (χ4v) is 6.08. The van der Waals surface area contributed by atoms with Crippen LogP contribution in [0.15, 0.2) is 0 Å². The van der Waals surface area contributed by atoms with Crippen molar-refractivity contribution in [2.75, 3.05) is 6.54 Å². The van der Waals surface area contributed by atoms with Gasteiger partial charge >= 0.3 is 5.97 Å². The second-order valence-corrected chi connectivity index (χ2v) is 8.88. The largest absolute Gasteiger partial charge is 0.481 e. The van der Waals surface area contributed by atoms with Crippen LogP contribution < -0.4 is 5.32 Å². The third-order valence-corrected chi connectivity index (χ3v) is 7.19. The molecule has 0 radical (unpaired) electrons.